The van der Waals surface area contributed by atoms with Crippen molar-refractivity contribution in [2.45, 2.75) is 27.2 Å². The summed E-state index contributed by atoms with van der Waals surface area (Å²) in [6, 6.07) is 7.78. The van der Waals surface area contributed by atoms with Crippen molar-refractivity contribution in [2.24, 2.45) is 11.8 Å². The molecule has 0 aliphatic carbocycles. The molecular weight excluding hydrogens is 226 g/mol. The van der Waals surface area contributed by atoms with E-state index in [4.69, 9.17) is 4.74 Å². The highest BCUT2D eigenvalue weighted by Gasteiger charge is 2.33. The Kier molecular flexibility index (Phi) is 3.90. The second-order valence-electron chi connectivity index (χ2n) is 5.11. The van der Waals surface area contributed by atoms with Gasteiger partial charge in [-0.25, -0.2) is 0 Å². The number of benzene rings is 1. The molecule has 0 spiro atoms. The van der Waals surface area contributed by atoms with Crippen molar-refractivity contribution in [1.29, 1.82) is 0 Å². The fourth-order valence-electron chi connectivity index (χ4n) is 2.37. The number of nitrogens with zero attached hydrogens (tertiary/aromatic N) is 1. The van der Waals surface area contributed by atoms with E-state index in [0.717, 1.165) is 18.0 Å². The van der Waals surface area contributed by atoms with Gasteiger partial charge in [0.2, 0.25) is 5.91 Å². The molecule has 0 aromatic heterocycles. The number of hydrogen-bond acceptors (Lipinski definition) is 2. The summed E-state index contributed by atoms with van der Waals surface area (Å²) in [4.78, 5) is 14.0. The second-order valence-corrected chi connectivity index (χ2v) is 5.11. The minimum absolute atomic E-state index is 0.209. The summed E-state index contributed by atoms with van der Waals surface area (Å²) >= 11 is 0. The average Bonchev–Trinajstić information content (AvgIpc) is 2.73. The van der Waals surface area contributed by atoms with Crippen LogP contribution < -0.4 is 9.64 Å². The van der Waals surface area contributed by atoms with E-state index >= 15 is 0 Å². The average molecular weight is 247 g/mol. The van der Waals surface area contributed by atoms with Crippen LogP contribution in [0.4, 0.5) is 5.69 Å². The van der Waals surface area contributed by atoms with Gasteiger partial charge in [-0.15, -0.1) is 0 Å². The molecule has 0 bridgehead atoms. The summed E-state index contributed by atoms with van der Waals surface area (Å²) in [6.07, 6.45) is 0.651. The Labute approximate surface area is 109 Å². The molecule has 1 atom stereocenters. The van der Waals surface area contributed by atoms with Gasteiger partial charge in [0.1, 0.15) is 5.75 Å². The maximum absolute atomic E-state index is 12.1. The lowest BCUT2D eigenvalue weighted by Crippen LogP contribution is -2.25. The number of rotatable bonds is 4. The predicted molar refractivity (Wildman–Crippen MR) is 72.9 cm³/mol. The van der Waals surface area contributed by atoms with Crippen LogP contribution in [-0.4, -0.2) is 19.1 Å². The maximum Gasteiger partial charge on any atom is 0.227 e. The van der Waals surface area contributed by atoms with Crippen molar-refractivity contribution >= 4 is 11.6 Å². The lowest BCUT2D eigenvalue weighted by molar-refractivity contribution is -0.117. The van der Waals surface area contributed by atoms with Crippen LogP contribution >= 0.6 is 0 Å². The number of ether oxygens (including phenoxy) is 1. The van der Waals surface area contributed by atoms with Crippen molar-refractivity contribution < 1.29 is 9.53 Å². The van der Waals surface area contributed by atoms with E-state index in [0.29, 0.717) is 24.9 Å². The quantitative estimate of drug-likeness (QED) is 0.818. The number of carbonyl (C=O) groups is 1. The molecule has 1 unspecified atom stereocenters. The fraction of sp³-hybridized carbons (Fsp3) is 0.533. The molecule has 1 aromatic rings. The van der Waals surface area contributed by atoms with Gasteiger partial charge in [-0.1, -0.05) is 26.0 Å². The Morgan fingerprint density at radius 1 is 1.39 bits per heavy atom. The molecule has 1 aliphatic rings. The third kappa shape index (κ3) is 2.50. The van der Waals surface area contributed by atoms with E-state index in [1.165, 1.54) is 0 Å². The molecule has 0 N–H and O–H groups in total. The van der Waals surface area contributed by atoms with Crippen molar-refractivity contribution in [1.82, 2.24) is 0 Å². The molecule has 1 heterocycles. The molecule has 18 heavy (non-hydrogen) atoms. The lowest BCUT2D eigenvalue weighted by Gasteiger charge is -2.21. The highest BCUT2D eigenvalue weighted by molar-refractivity contribution is 5.97. The molecule has 2 rings (SSSR count). The van der Waals surface area contributed by atoms with Gasteiger partial charge in [0.15, 0.2) is 0 Å². The van der Waals surface area contributed by atoms with Crippen molar-refractivity contribution in [2.75, 3.05) is 18.1 Å². The summed E-state index contributed by atoms with van der Waals surface area (Å²) in [5, 5.41) is 0. The molecule has 3 heteroatoms. The SMILES string of the molecule is CCOc1ccccc1N1CC(C(C)C)CC1=O. The monoisotopic (exact) mass is 247 g/mol. The third-order valence-electron chi connectivity index (χ3n) is 3.55. The first kappa shape index (κ1) is 12.9. The van der Waals surface area contributed by atoms with Crippen LogP contribution in [0.5, 0.6) is 5.75 Å². The van der Waals surface area contributed by atoms with Gasteiger partial charge in [0.05, 0.1) is 12.3 Å². The molecule has 1 aromatic carbocycles. The van der Waals surface area contributed by atoms with Crippen LogP contribution in [0, 0.1) is 11.8 Å². The van der Waals surface area contributed by atoms with Crippen LogP contribution in [0.2, 0.25) is 0 Å². The first-order valence-corrected chi connectivity index (χ1v) is 6.65. The molecular formula is C15H21NO2. The van der Waals surface area contributed by atoms with Gasteiger partial charge in [-0.2, -0.15) is 0 Å². The van der Waals surface area contributed by atoms with E-state index in [9.17, 15) is 4.79 Å². The first-order valence-electron chi connectivity index (χ1n) is 6.65. The number of carbonyl (C=O) groups excluding carboxylic acids is 1. The fourth-order valence-corrected chi connectivity index (χ4v) is 2.37. The lowest BCUT2D eigenvalue weighted by atomic mass is 9.95. The molecule has 98 valence electrons. The van der Waals surface area contributed by atoms with Gasteiger partial charge in [-0.05, 0) is 30.9 Å². The number of para-hydroxylation sites is 2. The van der Waals surface area contributed by atoms with Crippen molar-refractivity contribution in [3.05, 3.63) is 24.3 Å². The van der Waals surface area contributed by atoms with Crippen LogP contribution in [0.3, 0.4) is 0 Å². The Balaban J connectivity index is 2.24. The second kappa shape index (κ2) is 5.42. The van der Waals surface area contributed by atoms with Crippen LogP contribution in [0.15, 0.2) is 24.3 Å². The molecule has 1 amide bonds. The highest BCUT2D eigenvalue weighted by atomic mass is 16.5. The Hall–Kier alpha value is -1.51. The van der Waals surface area contributed by atoms with Crippen LogP contribution in [0.25, 0.3) is 0 Å². The van der Waals surface area contributed by atoms with Gasteiger partial charge >= 0.3 is 0 Å². The van der Waals surface area contributed by atoms with Gasteiger partial charge in [0, 0.05) is 13.0 Å². The summed E-state index contributed by atoms with van der Waals surface area (Å²) < 4.78 is 5.60. The molecule has 3 nitrogen and oxygen atoms in total. The van der Waals surface area contributed by atoms with Gasteiger partial charge in [0.25, 0.3) is 0 Å². The standard InChI is InChI=1S/C15H21NO2/c1-4-18-14-8-6-5-7-13(14)16-10-12(11(2)3)9-15(16)17/h5-8,11-12H,4,9-10H2,1-3H3. The molecule has 1 saturated heterocycles. The third-order valence-corrected chi connectivity index (χ3v) is 3.55. The van der Waals surface area contributed by atoms with Crippen molar-refractivity contribution in [3.63, 3.8) is 0 Å². The number of anilines is 1. The van der Waals surface area contributed by atoms with Gasteiger partial charge in [-0.3, -0.25) is 4.79 Å². The number of amides is 1. The molecule has 1 aliphatic heterocycles. The highest BCUT2D eigenvalue weighted by Crippen LogP contribution is 2.34. The molecule has 0 radical (unpaired) electrons. The maximum atomic E-state index is 12.1. The molecule has 0 saturated carbocycles. The zero-order chi connectivity index (χ0) is 13.1. The van der Waals surface area contributed by atoms with Crippen LogP contribution in [0.1, 0.15) is 27.2 Å². The summed E-state index contributed by atoms with van der Waals surface area (Å²) in [5.74, 6) is 2.00. The van der Waals surface area contributed by atoms with E-state index in [-0.39, 0.29) is 5.91 Å². The van der Waals surface area contributed by atoms with E-state index < -0.39 is 0 Å². The van der Waals surface area contributed by atoms with Crippen molar-refractivity contribution in [3.8, 4) is 5.75 Å². The zero-order valence-electron chi connectivity index (χ0n) is 11.3. The summed E-state index contributed by atoms with van der Waals surface area (Å²) in [5.41, 5.74) is 0.910. The number of hydrogen-bond donors (Lipinski definition) is 0. The molecule has 1 fully saturated rings. The van der Waals surface area contributed by atoms with Crippen LogP contribution in [-0.2, 0) is 4.79 Å². The van der Waals surface area contributed by atoms with E-state index in [1.54, 1.807) is 0 Å². The minimum atomic E-state index is 0.209. The summed E-state index contributed by atoms with van der Waals surface area (Å²) in [7, 11) is 0. The largest absolute Gasteiger partial charge is 0.492 e. The Morgan fingerprint density at radius 2 is 2.11 bits per heavy atom. The zero-order valence-corrected chi connectivity index (χ0v) is 11.3. The normalized spacial score (nSPS) is 19.7. The van der Waals surface area contributed by atoms with Gasteiger partial charge < -0.3 is 9.64 Å². The first-order chi connectivity index (χ1) is 8.63. The van der Waals surface area contributed by atoms with E-state index in [2.05, 4.69) is 13.8 Å². The predicted octanol–water partition coefficient (Wildman–Crippen LogP) is 3.09. The smallest absolute Gasteiger partial charge is 0.227 e. The van der Waals surface area contributed by atoms with E-state index in [1.807, 2.05) is 36.1 Å². The Morgan fingerprint density at radius 3 is 2.72 bits per heavy atom. The topological polar surface area (TPSA) is 29.5 Å². The summed E-state index contributed by atoms with van der Waals surface area (Å²) in [6.45, 7) is 7.73. The minimum Gasteiger partial charge on any atom is -0.492 e. The Bertz CT molecular complexity index is 428.